The Morgan fingerprint density at radius 2 is 1.68 bits per heavy atom. The van der Waals surface area contributed by atoms with Gasteiger partial charge in [-0.05, 0) is 67.8 Å². The molecule has 4 rings (SSSR count). The molecule has 3 aromatic carbocycles. The second kappa shape index (κ2) is 9.43. The normalized spacial score (nSPS) is 17.3. The van der Waals surface area contributed by atoms with Crippen molar-refractivity contribution in [3.8, 4) is 11.5 Å². The van der Waals surface area contributed by atoms with Crippen LogP contribution in [-0.2, 0) is 9.59 Å². The lowest BCUT2D eigenvalue weighted by Crippen LogP contribution is -2.29. The van der Waals surface area contributed by atoms with Gasteiger partial charge in [0.1, 0.15) is 17.3 Å². The maximum atomic E-state index is 13.3. The number of carbonyl (C=O) groups excluding carboxylic acids is 2. The Hall–Kier alpha value is -4.06. The molecule has 0 radical (unpaired) electrons. The molecule has 3 aromatic rings. The third-order valence-electron chi connectivity index (χ3n) is 5.79. The van der Waals surface area contributed by atoms with E-state index in [4.69, 9.17) is 4.74 Å². The van der Waals surface area contributed by atoms with Gasteiger partial charge in [0.2, 0.25) is 0 Å². The van der Waals surface area contributed by atoms with E-state index in [1.165, 1.54) is 11.0 Å². The van der Waals surface area contributed by atoms with Gasteiger partial charge < -0.3 is 14.9 Å². The Morgan fingerprint density at radius 1 is 0.971 bits per heavy atom. The second-order valence-electron chi connectivity index (χ2n) is 8.45. The molecule has 0 spiro atoms. The average Bonchev–Trinajstić information content (AvgIpc) is 3.09. The summed E-state index contributed by atoms with van der Waals surface area (Å²) in [6, 6.07) is 18.1. The van der Waals surface area contributed by atoms with Crippen molar-refractivity contribution in [1.82, 2.24) is 0 Å². The fourth-order valence-corrected chi connectivity index (χ4v) is 4.15. The summed E-state index contributed by atoms with van der Waals surface area (Å²) in [6.45, 7) is 6.33. The van der Waals surface area contributed by atoms with Gasteiger partial charge in [0.15, 0.2) is 0 Å². The monoisotopic (exact) mass is 457 g/mol. The lowest BCUT2D eigenvalue weighted by Gasteiger charge is -2.26. The number of rotatable bonds is 6. The third kappa shape index (κ3) is 4.27. The molecular weight excluding hydrogens is 430 g/mol. The van der Waals surface area contributed by atoms with Crippen molar-refractivity contribution in [2.75, 3.05) is 11.5 Å². The summed E-state index contributed by atoms with van der Waals surface area (Å²) in [4.78, 5) is 27.8. The zero-order valence-corrected chi connectivity index (χ0v) is 19.4. The highest BCUT2D eigenvalue weighted by Crippen LogP contribution is 2.45. The van der Waals surface area contributed by atoms with Crippen molar-refractivity contribution in [2.24, 2.45) is 0 Å². The molecule has 0 saturated carbocycles. The Labute approximate surface area is 198 Å². The lowest BCUT2D eigenvalue weighted by molar-refractivity contribution is -0.132. The van der Waals surface area contributed by atoms with Crippen molar-refractivity contribution < 1.29 is 24.5 Å². The Morgan fingerprint density at radius 3 is 2.35 bits per heavy atom. The Balaban J connectivity index is 1.89. The van der Waals surface area contributed by atoms with E-state index in [0.717, 1.165) is 17.5 Å². The first-order valence-electron chi connectivity index (χ1n) is 11.2. The van der Waals surface area contributed by atoms with Crippen molar-refractivity contribution in [3.05, 3.63) is 94.6 Å². The third-order valence-corrected chi connectivity index (χ3v) is 5.79. The molecular formula is C28H27NO5. The number of Topliss-reactive ketones (excluding diaryl/α,β-unsaturated/α-hetero) is 1. The van der Waals surface area contributed by atoms with Crippen LogP contribution in [0.25, 0.3) is 5.76 Å². The molecule has 174 valence electrons. The predicted molar refractivity (Wildman–Crippen MR) is 131 cm³/mol. The van der Waals surface area contributed by atoms with E-state index in [1.807, 2.05) is 39.0 Å². The van der Waals surface area contributed by atoms with Crippen LogP contribution < -0.4 is 9.64 Å². The number of hydrogen-bond acceptors (Lipinski definition) is 5. The van der Waals surface area contributed by atoms with E-state index in [1.54, 1.807) is 42.5 Å². The summed E-state index contributed by atoms with van der Waals surface area (Å²) < 4.78 is 5.60. The van der Waals surface area contributed by atoms with Gasteiger partial charge in [-0.25, -0.2) is 0 Å². The van der Waals surface area contributed by atoms with Crippen LogP contribution in [0.1, 0.15) is 41.6 Å². The minimum Gasteiger partial charge on any atom is -0.507 e. The molecule has 6 heteroatoms. The number of carbonyl (C=O) groups is 2. The number of ether oxygens (including phenoxy) is 1. The number of amides is 1. The number of nitrogens with zero attached hydrogens (tertiary/aromatic N) is 1. The van der Waals surface area contributed by atoms with Crippen molar-refractivity contribution in [3.63, 3.8) is 0 Å². The number of hydrogen-bond donors (Lipinski definition) is 2. The largest absolute Gasteiger partial charge is 0.507 e. The highest BCUT2D eigenvalue weighted by Gasteiger charge is 2.47. The van der Waals surface area contributed by atoms with Gasteiger partial charge in [-0.3, -0.25) is 14.5 Å². The van der Waals surface area contributed by atoms with Crippen LogP contribution in [0.4, 0.5) is 5.69 Å². The molecule has 1 amide bonds. The number of aliphatic hydroxyl groups is 1. The van der Waals surface area contributed by atoms with Crippen LogP contribution in [0.15, 0.2) is 72.3 Å². The molecule has 0 aromatic heterocycles. The zero-order valence-electron chi connectivity index (χ0n) is 19.4. The molecule has 1 heterocycles. The van der Waals surface area contributed by atoms with Gasteiger partial charge in [-0.15, -0.1) is 0 Å². The maximum Gasteiger partial charge on any atom is 0.300 e. The minimum atomic E-state index is -0.899. The number of anilines is 1. The van der Waals surface area contributed by atoms with E-state index in [-0.39, 0.29) is 22.8 Å². The van der Waals surface area contributed by atoms with Gasteiger partial charge >= 0.3 is 0 Å². The number of aryl methyl sites for hydroxylation is 2. The first-order chi connectivity index (χ1) is 16.3. The smallest absolute Gasteiger partial charge is 0.300 e. The second-order valence-corrected chi connectivity index (χ2v) is 8.45. The first kappa shape index (κ1) is 23.1. The number of benzene rings is 3. The predicted octanol–water partition coefficient (Wildman–Crippen LogP) is 5.42. The quantitative estimate of drug-likeness (QED) is 0.293. The standard InChI is InChI=1S/C28H27NO5/c1-4-14-34-21-11-9-19(10-12-21)26(31)24-25(20-7-5-6-17(2)15-20)29(28(33)27(24)32)22-16-18(3)8-13-23(22)30/h5-13,15-16,25,30-31H,4,14H2,1-3H3/b26-24+. The molecule has 1 aliphatic rings. The van der Waals surface area contributed by atoms with Crippen LogP contribution in [0.5, 0.6) is 11.5 Å². The maximum absolute atomic E-state index is 13.3. The molecule has 1 atom stereocenters. The summed E-state index contributed by atoms with van der Waals surface area (Å²) in [7, 11) is 0. The topological polar surface area (TPSA) is 87.1 Å². The molecule has 1 unspecified atom stereocenters. The summed E-state index contributed by atoms with van der Waals surface area (Å²) in [5, 5.41) is 21.8. The van der Waals surface area contributed by atoms with Crippen LogP contribution in [-0.4, -0.2) is 28.5 Å². The molecule has 1 fully saturated rings. The highest BCUT2D eigenvalue weighted by molar-refractivity contribution is 6.51. The van der Waals surface area contributed by atoms with Crippen molar-refractivity contribution >= 4 is 23.1 Å². The summed E-state index contributed by atoms with van der Waals surface area (Å²) >= 11 is 0. The lowest BCUT2D eigenvalue weighted by atomic mass is 9.94. The van der Waals surface area contributed by atoms with E-state index in [2.05, 4.69) is 0 Å². The number of phenolic OH excluding ortho intramolecular Hbond substituents is 1. The Bertz CT molecular complexity index is 1280. The van der Waals surface area contributed by atoms with Crippen LogP contribution in [0.2, 0.25) is 0 Å². The highest BCUT2D eigenvalue weighted by atomic mass is 16.5. The molecule has 0 bridgehead atoms. The van der Waals surface area contributed by atoms with E-state index >= 15 is 0 Å². The van der Waals surface area contributed by atoms with E-state index in [0.29, 0.717) is 23.5 Å². The van der Waals surface area contributed by atoms with Crippen molar-refractivity contribution in [2.45, 2.75) is 33.2 Å². The van der Waals surface area contributed by atoms with Crippen LogP contribution in [0.3, 0.4) is 0 Å². The zero-order chi connectivity index (χ0) is 24.4. The SMILES string of the molecule is CCCOc1ccc(/C(O)=C2\C(=O)C(=O)N(c3cc(C)ccc3O)C2c2cccc(C)c2)cc1. The van der Waals surface area contributed by atoms with Crippen LogP contribution >= 0.6 is 0 Å². The van der Waals surface area contributed by atoms with Crippen LogP contribution in [0, 0.1) is 13.8 Å². The van der Waals surface area contributed by atoms with E-state index in [9.17, 15) is 19.8 Å². The first-order valence-corrected chi connectivity index (χ1v) is 11.2. The van der Waals surface area contributed by atoms with Gasteiger partial charge in [-0.2, -0.15) is 0 Å². The van der Waals surface area contributed by atoms with E-state index < -0.39 is 17.7 Å². The molecule has 6 nitrogen and oxygen atoms in total. The number of aromatic hydroxyl groups is 1. The van der Waals surface area contributed by atoms with Gasteiger partial charge in [0, 0.05) is 5.56 Å². The molecule has 1 saturated heterocycles. The van der Waals surface area contributed by atoms with Crippen molar-refractivity contribution in [1.29, 1.82) is 0 Å². The van der Waals surface area contributed by atoms with Gasteiger partial charge in [0.25, 0.3) is 11.7 Å². The summed E-state index contributed by atoms with van der Waals surface area (Å²) in [5.41, 5.74) is 3.00. The number of phenols is 1. The minimum absolute atomic E-state index is 0.0290. The average molecular weight is 458 g/mol. The molecule has 1 aliphatic heterocycles. The fraction of sp³-hybridized carbons (Fsp3) is 0.214. The molecule has 2 N–H and O–H groups in total. The number of ketones is 1. The van der Waals surface area contributed by atoms with Gasteiger partial charge in [-0.1, -0.05) is 42.8 Å². The summed E-state index contributed by atoms with van der Waals surface area (Å²) in [5.74, 6) is -1.36. The Kier molecular flexibility index (Phi) is 6.41. The molecule has 34 heavy (non-hydrogen) atoms. The summed E-state index contributed by atoms with van der Waals surface area (Å²) in [6.07, 6.45) is 0.869. The molecule has 0 aliphatic carbocycles. The fourth-order valence-electron chi connectivity index (χ4n) is 4.15. The number of aliphatic hydroxyl groups excluding tert-OH is 1. The van der Waals surface area contributed by atoms with Gasteiger partial charge in [0.05, 0.1) is 23.9 Å².